The molecule has 96 valence electrons. The van der Waals surface area contributed by atoms with E-state index in [1.807, 2.05) is 19.2 Å². The van der Waals surface area contributed by atoms with Crippen LogP contribution in [0.2, 0.25) is 0 Å². The fraction of sp³-hybridized carbons (Fsp3) is 0.571. The molecule has 0 atom stereocenters. The Kier molecular flexibility index (Phi) is 6.16. The van der Waals surface area contributed by atoms with Crippen molar-refractivity contribution in [3.05, 3.63) is 35.1 Å². The zero-order valence-electron chi connectivity index (χ0n) is 10.9. The van der Waals surface area contributed by atoms with Gasteiger partial charge in [-0.15, -0.1) is 0 Å². The van der Waals surface area contributed by atoms with Crippen molar-refractivity contribution in [1.29, 1.82) is 0 Å². The molecule has 0 spiro atoms. The van der Waals surface area contributed by atoms with Crippen LogP contribution in [-0.2, 0) is 13.1 Å². The molecule has 1 aromatic rings. The second-order valence-electron chi connectivity index (χ2n) is 4.57. The molecule has 0 radical (unpaired) electrons. The van der Waals surface area contributed by atoms with Gasteiger partial charge in [0.05, 0.1) is 0 Å². The first kappa shape index (κ1) is 14.1. The third-order valence-corrected chi connectivity index (χ3v) is 2.94. The molecular weight excluding hydrogens is 215 g/mol. The van der Waals surface area contributed by atoms with Crippen LogP contribution in [0.3, 0.4) is 0 Å². The van der Waals surface area contributed by atoms with Gasteiger partial charge in [-0.1, -0.05) is 31.9 Å². The number of hydrogen-bond acceptors (Lipinski definition) is 2. The predicted octanol–water partition coefficient (Wildman–Crippen LogP) is 2.91. The van der Waals surface area contributed by atoms with Crippen molar-refractivity contribution >= 4 is 0 Å². The quantitative estimate of drug-likeness (QED) is 0.740. The lowest BCUT2D eigenvalue weighted by atomic mass is 10.1. The highest BCUT2D eigenvalue weighted by molar-refractivity contribution is 5.24. The maximum absolute atomic E-state index is 13.7. The highest BCUT2D eigenvalue weighted by Crippen LogP contribution is 2.12. The maximum Gasteiger partial charge on any atom is 0.128 e. The summed E-state index contributed by atoms with van der Waals surface area (Å²) in [4.78, 5) is 2.16. The molecule has 2 nitrogen and oxygen atoms in total. The minimum Gasteiger partial charge on any atom is -0.326 e. The maximum atomic E-state index is 13.7. The highest BCUT2D eigenvalue weighted by Gasteiger charge is 2.06. The first-order chi connectivity index (χ1) is 8.17. The summed E-state index contributed by atoms with van der Waals surface area (Å²) in [5.74, 6) is -0.143. The van der Waals surface area contributed by atoms with E-state index in [0.717, 1.165) is 17.7 Å². The van der Waals surface area contributed by atoms with Crippen molar-refractivity contribution in [3.8, 4) is 0 Å². The number of nitrogens with two attached hydrogens (primary N) is 1. The molecule has 0 heterocycles. The van der Waals surface area contributed by atoms with Crippen LogP contribution in [0, 0.1) is 5.82 Å². The van der Waals surface area contributed by atoms with Crippen LogP contribution in [0.25, 0.3) is 0 Å². The van der Waals surface area contributed by atoms with E-state index in [9.17, 15) is 4.39 Å². The molecule has 0 aliphatic rings. The van der Waals surface area contributed by atoms with Crippen molar-refractivity contribution in [2.24, 2.45) is 5.73 Å². The smallest absolute Gasteiger partial charge is 0.128 e. The average Bonchev–Trinajstić information content (AvgIpc) is 2.32. The number of nitrogens with zero attached hydrogens (tertiary/aromatic N) is 1. The number of unbranched alkanes of at least 4 members (excludes halogenated alkanes) is 2. The van der Waals surface area contributed by atoms with Crippen LogP contribution < -0.4 is 5.73 Å². The topological polar surface area (TPSA) is 29.3 Å². The number of rotatable bonds is 7. The largest absolute Gasteiger partial charge is 0.326 e. The van der Waals surface area contributed by atoms with E-state index < -0.39 is 0 Å². The van der Waals surface area contributed by atoms with Crippen molar-refractivity contribution < 1.29 is 4.39 Å². The standard InChI is InChI=1S/C14H23FN2/c1-3-4-5-8-17(2)11-13-7-6-12(10-16)9-14(13)15/h6-7,9H,3-5,8,10-11,16H2,1-2H3. The van der Waals surface area contributed by atoms with Gasteiger partial charge in [-0.05, 0) is 31.6 Å². The van der Waals surface area contributed by atoms with Gasteiger partial charge in [0.15, 0.2) is 0 Å². The zero-order chi connectivity index (χ0) is 12.7. The molecule has 1 rings (SSSR count). The molecule has 0 aromatic heterocycles. The van der Waals surface area contributed by atoms with Crippen molar-refractivity contribution in [1.82, 2.24) is 4.90 Å². The van der Waals surface area contributed by atoms with Gasteiger partial charge in [0.25, 0.3) is 0 Å². The molecule has 0 fully saturated rings. The summed E-state index contributed by atoms with van der Waals surface area (Å²) in [6, 6.07) is 5.28. The van der Waals surface area contributed by atoms with E-state index in [2.05, 4.69) is 11.8 Å². The second-order valence-corrected chi connectivity index (χ2v) is 4.57. The zero-order valence-corrected chi connectivity index (χ0v) is 10.9. The van der Waals surface area contributed by atoms with Gasteiger partial charge >= 0.3 is 0 Å². The molecule has 0 aliphatic heterocycles. The SMILES string of the molecule is CCCCCN(C)Cc1ccc(CN)cc1F. The Morgan fingerprint density at radius 1 is 1.29 bits per heavy atom. The van der Waals surface area contributed by atoms with E-state index in [1.165, 1.54) is 25.3 Å². The summed E-state index contributed by atoms with van der Waals surface area (Å²) in [5.41, 5.74) is 7.07. The number of benzene rings is 1. The van der Waals surface area contributed by atoms with Crippen LogP contribution >= 0.6 is 0 Å². The molecule has 0 saturated heterocycles. The van der Waals surface area contributed by atoms with Gasteiger partial charge in [-0.2, -0.15) is 0 Å². The molecule has 2 N–H and O–H groups in total. The van der Waals surface area contributed by atoms with E-state index in [1.54, 1.807) is 0 Å². The Morgan fingerprint density at radius 2 is 2.06 bits per heavy atom. The minimum absolute atomic E-state index is 0.143. The van der Waals surface area contributed by atoms with Gasteiger partial charge < -0.3 is 10.6 Å². The normalized spacial score (nSPS) is 11.1. The van der Waals surface area contributed by atoms with Gasteiger partial charge in [-0.3, -0.25) is 0 Å². The molecule has 1 aromatic carbocycles. The first-order valence-corrected chi connectivity index (χ1v) is 6.33. The molecule has 17 heavy (non-hydrogen) atoms. The fourth-order valence-corrected chi connectivity index (χ4v) is 1.85. The van der Waals surface area contributed by atoms with Crippen LogP contribution in [0.15, 0.2) is 18.2 Å². The summed E-state index contributed by atoms with van der Waals surface area (Å²) in [6.07, 6.45) is 3.63. The third-order valence-electron chi connectivity index (χ3n) is 2.94. The summed E-state index contributed by atoms with van der Waals surface area (Å²) < 4.78 is 13.7. The summed E-state index contributed by atoms with van der Waals surface area (Å²) in [7, 11) is 2.03. The van der Waals surface area contributed by atoms with Crippen LogP contribution in [-0.4, -0.2) is 18.5 Å². The molecule has 0 bridgehead atoms. The predicted molar refractivity (Wildman–Crippen MR) is 70.2 cm³/mol. The lowest BCUT2D eigenvalue weighted by Gasteiger charge is -2.17. The Labute approximate surface area is 104 Å². The van der Waals surface area contributed by atoms with E-state index in [0.29, 0.717) is 13.1 Å². The Hall–Kier alpha value is -0.930. The van der Waals surface area contributed by atoms with Crippen molar-refractivity contribution in [2.45, 2.75) is 39.3 Å². The number of hydrogen-bond donors (Lipinski definition) is 1. The molecule has 0 amide bonds. The van der Waals surface area contributed by atoms with E-state index >= 15 is 0 Å². The third kappa shape index (κ3) is 4.84. The number of halogens is 1. The lowest BCUT2D eigenvalue weighted by molar-refractivity contribution is 0.313. The lowest BCUT2D eigenvalue weighted by Crippen LogP contribution is -2.19. The van der Waals surface area contributed by atoms with Gasteiger partial charge in [0.2, 0.25) is 0 Å². The van der Waals surface area contributed by atoms with Crippen molar-refractivity contribution in [3.63, 3.8) is 0 Å². The average molecular weight is 238 g/mol. The molecule has 0 aliphatic carbocycles. The van der Waals surface area contributed by atoms with E-state index in [-0.39, 0.29) is 5.82 Å². The van der Waals surface area contributed by atoms with Crippen molar-refractivity contribution in [2.75, 3.05) is 13.6 Å². The minimum atomic E-state index is -0.143. The Morgan fingerprint density at radius 3 is 2.65 bits per heavy atom. The molecular formula is C14H23FN2. The van der Waals surface area contributed by atoms with Gasteiger partial charge in [-0.25, -0.2) is 4.39 Å². The summed E-state index contributed by atoms with van der Waals surface area (Å²) in [5, 5.41) is 0. The Balaban J connectivity index is 2.50. The fourth-order valence-electron chi connectivity index (χ4n) is 1.85. The van der Waals surface area contributed by atoms with Gasteiger partial charge in [0.1, 0.15) is 5.82 Å². The van der Waals surface area contributed by atoms with Crippen LogP contribution in [0.1, 0.15) is 37.3 Å². The Bertz CT molecular complexity index is 339. The molecule has 0 unspecified atom stereocenters. The molecule has 3 heteroatoms. The molecule has 0 saturated carbocycles. The second kappa shape index (κ2) is 7.41. The summed E-state index contributed by atoms with van der Waals surface area (Å²) in [6.45, 7) is 4.26. The highest BCUT2D eigenvalue weighted by atomic mass is 19.1. The summed E-state index contributed by atoms with van der Waals surface area (Å²) >= 11 is 0. The van der Waals surface area contributed by atoms with Crippen LogP contribution in [0.5, 0.6) is 0 Å². The van der Waals surface area contributed by atoms with Crippen LogP contribution in [0.4, 0.5) is 4.39 Å². The van der Waals surface area contributed by atoms with E-state index in [4.69, 9.17) is 5.73 Å². The monoisotopic (exact) mass is 238 g/mol. The first-order valence-electron chi connectivity index (χ1n) is 6.33. The van der Waals surface area contributed by atoms with Gasteiger partial charge in [0, 0.05) is 18.7 Å².